The third kappa shape index (κ3) is 5.25. The minimum absolute atomic E-state index is 0.0487. The van der Waals surface area contributed by atoms with E-state index in [9.17, 15) is 8.42 Å². The molecule has 1 aromatic carbocycles. The first-order valence-electron chi connectivity index (χ1n) is 6.59. The quantitative estimate of drug-likeness (QED) is 0.610. The topological polar surface area (TPSA) is 108 Å². The van der Waals surface area contributed by atoms with Crippen molar-refractivity contribution in [3.05, 3.63) is 47.5 Å². The maximum absolute atomic E-state index is 11.9. The van der Waals surface area contributed by atoms with Gasteiger partial charge in [-0.2, -0.15) is 5.10 Å². The normalized spacial score (nSPS) is 11.7. The van der Waals surface area contributed by atoms with Gasteiger partial charge in [0.2, 0.25) is 10.0 Å². The summed E-state index contributed by atoms with van der Waals surface area (Å²) in [6, 6.07) is 6.85. The number of nitrogens with zero attached hydrogens (tertiary/aromatic N) is 2. The molecule has 2 rings (SSSR count). The Balaban J connectivity index is 1.78. The van der Waals surface area contributed by atoms with E-state index >= 15 is 0 Å². The lowest BCUT2D eigenvalue weighted by Gasteiger charge is -2.07. The molecular weight excluding hydrogens is 292 g/mol. The second-order valence-electron chi connectivity index (χ2n) is 4.66. The summed E-state index contributed by atoms with van der Waals surface area (Å²) in [6.07, 6.45) is 2.72. The fraction of sp³-hybridized carbons (Fsp3) is 0.385. The molecule has 0 radical (unpaired) electrons. The molecule has 2 aromatic rings. The Morgan fingerprint density at radius 1 is 1.19 bits per heavy atom. The summed E-state index contributed by atoms with van der Waals surface area (Å²) < 4.78 is 26.4. The predicted octanol–water partition coefficient (Wildman–Crippen LogP) is 0.349. The third-order valence-corrected chi connectivity index (χ3v) is 4.30. The fourth-order valence-electron chi connectivity index (χ4n) is 1.85. The average molecular weight is 310 g/mol. The zero-order valence-corrected chi connectivity index (χ0v) is 12.3. The molecule has 0 saturated carbocycles. The number of H-pyrrole nitrogens is 1. The van der Waals surface area contributed by atoms with Crippen LogP contribution in [0.15, 0.2) is 30.6 Å². The van der Waals surface area contributed by atoms with Crippen LogP contribution in [0.4, 0.5) is 0 Å². The highest BCUT2D eigenvalue weighted by atomic mass is 32.2. The van der Waals surface area contributed by atoms with Gasteiger partial charge in [-0.1, -0.05) is 24.3 Å². The van der Waals surface area contributed by atoms with Crippen LogP contribution in [0.3, 0.4) is 0 Å². The Morgan fingerprint density at radius 2 is 1.90 bits per heavy atom. The van der Waals surface area contributed by atoms with Crippen molar-refractivity contribution in [2.75, 3.05) is 6.54 Å². The Kier molecular flexibility index (Phi) is 5.43. The van der Waals surface area contributed by atoms with Crippen LogP contribution in [-0.4, -0.2) is 35.3 Å². The number of aryl methyl sites for hydroxylation is 1. The second-order valence-corrected chi connectivity index (χ2v) is 6.47. The molecule has 0 aliphatic rings. The maximum atomic E-state index is 11.9. The zero-order valence-electron chi connectivity index (χ0n) is 11.5. The summed E-state index contributed by atoms with van der Waals surface area (Å²) in [7, 11) is -3.35. The number of sulfonamides is 1. The van der Waals surface area contributed by atoms with Crippen LogP contribution >= 0.6 is 0 Å². The van der Waals surface area contributed by atoms with Crippen LogP contribution in [0.25, 0.3) is 0 Å². The van der Waals surface area contributed by atoms with Gasteiger partial charge in [0.15, 0.2) is 0 Å². The number of benzene rings is 1. The van der Waals surface area contributed by atoms with Crippen LogP contribution in [0.1, 0.15) is 23.4 Å². The highest BCUT2D eigenvalue weighted by molar-refractivity contribution is 7.88. The van der Waals surface area contributed by atoms with Crippen molar-refractivity contribution in [3.63, 3.8) is 0 Å². The van der Waals surface area contributed by atoms with Gasteiger partial charge in [0, 0.05) is 13.0 Å². The summed E-state index contributed by atoms with van der Waals surface area (Å²) in [5.74, 6) is 0.676. The number of aliphatic hydroxyl groups is 1. The van der Waals surface area contributed by atoms with E-state index in [4.69, 9.17) is 5.11 Å². The molecule has 0 atom stereocenters. The molecule has 0 bridgehead atoms. The van der Waals surface area contributed by atoms with Gasteiger partial charge in [-0.3, -0.25) is 5.10 Å². The van der Waals surface area contributed by atoms with Gasteiger partial charge >= 0.3 is 0 Å². The van der Waals surface area contributed by atoms with Crippen LogP contribution in [-0.2, 0) is 28.8 Å². The van der Waals surface area contributed by atoms with E-state index in [1.54, 1.807) is 24.3 Å². The van der Waals surface area contributed by atoms with Crippen LogP contribution < -0.4 is 4.72 Å². The molecular formula is C13H18N4O3S. The highest BCUT2D eigenvalue weighted by Gasteiger charge is 2.11. The molecule has 0 spiro atoms. The van der Waals surface area contributed by atoms with Crippen LogP contribution in [0.5, 0.6) is 0 Å². The molecule has 0 aliphatic heterocycles. The molecule has 1 aromatic heterocycles. The lowest BCUT2D eigenvalue weighted by Crippen LogP contribution is -2.26. The summed E-state index contributed by atoms with van der Waals surface area (Å²) >= 11 is 0. The summed E-state index contributed by atoms with van der Waals surface area (Å²) in [6.45, 7) is 0.310. The molecule has 21 heavy (non-hydrogen) atoms. The lowest BCUT2D eigenvalue weighted by atomic mass is 10.2. The van der Waals surface area contributed by atoms with E-state index in [0.717, 1.165) is 11.4 Å². The van der Waals surface area contributed by atoms with Crippen molar-refractivity contribution in [2.45, 2.75) is 25.2 Å². The first-order valence-corrected chi connectivity index (χ1v) is 8.24. The molecule has 7 nitrogen and oxygen atoms in total. The fourth-order valence-corrected chi connectivity index (χ4v) is 3.03. The molecule has 0 amide bonds. The van der Waals surface area contributed by atoms with Crippen molar-refractivity contribution in [1.29, 1.82) is 0 Å². The van der Waals surface area contributed by atoms with Crippen molar-refractivity contribution in [1.82, 2.24) is 19.9 Å². The van der Waals surface area contributed by atoms with E-state index in [0.29, 0.717) is 24.9 Å². The number of aromatic nitrogens is 3. The van der Waals surface area contributed by atoms with Crippen LogP contribution in [0.2, 0.25) is 0 Å². The first kappa shape index (κ1) is 15.6. The average Bonchev–Trinajstić information content (AvgIpc) is 2.97. The van der Waals surface area contributed by atoms with E-state index in [1.165, 1.54) is 6.33 Å². The maximum Gasteiger partial charge on any atom is 0.215 e. The number of hydrogen-bond donors (Lipinski definition) is 3. The first-order chi connectivity index (χ1) is 10.1. The standard InChI is InChI=1S/C13H18N4O3S/c18-8-11-3-5-12(6-4-11)9-21(19,20)16-7-1-2-13-14-10-15-17-13/h3-6,10,16,18H,1-2,7-9H2,(H,14,15,17). The largest absolute Gasteiger partial charge is 0.392 e. The monoisotopic (exact) mass is 310 g/mol. The molecule has 0 saturated heterocycles. The van der Waals surface area contributed by atoms with Gasteiger partial charge in [0.25, 0.3) is 0 Å². The Hall–Kier alpha value is -1.77. The van der Waals surface area contributed by atoms with E-state index in [2.05, 4.69) is 19.9 Å². The van der Waals surface area contributed by atoms with Gasteiger partial charge < -0.3 is 5.11 Å². The lowest BCUT2D eigenvalue weighted by molar-refractivity contribution is 0.282. The van der Waals surface area contributed by atoms with E-state index in [-0.39, 0.29) is 12.4 Å². The third-order valence-electron chi connectivity index (χ3n) is 2.94. The summed E-state index contributed by atoms with van der Waals surface area (Å²) in [5.41, 5.74) is 1.45. The molecule has 0 fully saturated rings. The van der Waals surface area contributed by atoms with Gasteiger partial charge in [0.05, 0.1) is 12.4 Å². The summed E-state index contributed by atoms with van der Waals surface area (Å²) in [5, 5.41) is 15.4. The van der Waals surface area contributed by atoms with Crippen molar-refractivity contribution >= 4 is 10.0 Å². The Bertz CT molecular complexity index is 639. The number of hydrogen-bond acceptors (Lipinski definition) is 5. The number of nitrogens with one attached hydrogen (secondary N) is 2. The molecule has 0 aliphatic carbocycles. The molecule has 1 heterocycles. The van der Waals surface area contributed by atoms with Crippen LogP contribution in [0, 0.1) is 0 Å². The van der Waals surface area contributed by atoms with Gasteiger partial charge in [0.1, 0.15) is 12.2 Å². The van der Waals surface area contributed by atoms with Crippen molar-refractivity contribution < 1.29 is 13.5 Å². The van der Waals surface area contributed by atoms with Gasteiger partial charge in [-0.25, -0.2) is 18.1 Å². The number of aromatic amines is 1. The zero-order chi connectivity index (χ0) is 15.1. The molecule has 3 N–H and O–H groups in total. The van der Waals surface area contributed by atoms with Gasteiger partial charge in [-0.05, 0) is 17.5 Å². The number of rotatable bonds is 8. The minimum atomic E-state index is -3.35. The molecule has 8 heteroatoms. The number of aliphatic hydroxyl groups excluding tert-OH is 1. The Labute approximate surface area is 123 Å². The van der Waals surface area contributed by atoms with Crippen molar-refractivity contribution in [2.24, 2.45) is 0 Å². The molecule has 0 unspecified atom stereocenters. The van der Waals surface area contributed by atoms with E-state index < -0.39 is 10.0 Å². The predicted molar refractivity (Wildman–Crippen MR) is 77.7 cm³/mol. The Morgan fingerprint density at radius 3 is 2.52 bits per heavy atom. The second kappa shape index (κ2) is 7.30. The minimum Gasteiger partial charge on any atom is -0.392 e. The van der Waals surface area contributed by atoms with E-state index in [1.807, 2.05) is 0 Å². The SMILES string of the molecule is O=S(=O)(Cc1ccc(CO)cc1)NCCCc1ncn[nH]1. The highest BCUT2D eigenvalue weighted by Crippen LogP contribution is 2.08. The smallest absolute Gasteiger partial charge is 0.215 e. The summed E-state index contributed by atoms with van der Waals surface area (Å²) in [4.78, 5) is 3.97. The van der Waals surface area contributed by atoms with Crippen molar-refractivity contribution in [3.8, 4) is 0 Å². The van der Waals surface area contributed by atoms with Gasteiger partial charge in [-0.15, -0.1) is 0 Å². The molecule has 114 valence electrons.